The number of hydrogen-bond acceptors (Lipinski definition) is 4. The first-order valence-corrected chi connectivity index (χ1v) is 7.03. The maximum atomic E-state index is 9.18. The fourth-order valence-corrected chi connectivity index (χ4v) is 1.57. The maximum Gasteiger partial charge on any atom is 0.172 e. The van der Waals surface area contributed by atoms with E-state index in [0.717, 1.165) is 5.56 Å². The Morgan fingerprint density at radius 1 is 1.10 bits per heavy atom. The van der Waals surface area contributed by atoms with Gasteiger partial charge in [0.2, 0.25) is 0 Å². The fraction of sp³-hybridized carbons (Fsp3) is 0.438. The van der Waals surface area contributed by atoms with E-state index >= 15 is 0 Å². The summed E-state index contributed by atoms with van der Waals surface area (Å²) in [6.45, 7) is 8.33. The van der Waals surface area contributed by atoms with Gasteiger partial charge in [-0.15, -0.1) is 0 Å². The number of amidine groups is 1. The highest BCUT2D eigenvalue weighted by molar-refractivity contribution is 6.67. The summed E-state index contributed by atoms with van der Waals surface area (Å²) >= 11 is 0. The van der Waals surface area contributed by atoms with E-state index in [-0.39, 0.29) is 0 Å². The fourth-order valence-electron chi connectivity index (χ4n) is 1.57. The van der Waals surface area contributed by atoms with Crippen LogP contribution in [0.4, 0.5) is 0 Å². The zero-order chi connectivity index (χ0) is 16.3. The molecule has 0 spiro atoms. The van der Waals surface area contributed by atoms with E-state index in [1.54, 1.807) is 14.1 Å². The maximum absolute atomic E-state index is 9.18. The molecule has 21 heavy (non-hydrogen) atoms. The molecule has 0 aliphatic carbocycles. The SMILES string of the molecule is CC.CN=C(C)C(=NC)C(=NCc1ccc(C)cc1)NO. The molecule has 0 radical (unpaired) electrons. The van der Waals surface area contributed by atoms with Crippen molar-refractivity contribution in [1.82, 2.24) is 5.48 Å². The molecular formula is C16H26N4O. The number of benzene rings is 1. The van der Waals surface area contributed by atoms with E-state index in [1.807, 2.05) is 52.0 Å². The van der Waals surface area contributed by atoms with E-state index in [1.165, 1.54) is 5.56 Å². The van der Waals surface area contributed by atoms with Crippen molar-refractivity contribution in [2.45, 2.75) is 34.2 Å². The minimum absolute atomic E-state index is 0.325. The highest BCUT2D eigenvalue weighted by atomic mass is 16.5. The summed E-state index contributed by atoms with van der Waals surface area (Å²) in [5, 5.41) is 9.18. The summed E-state index contributed by atoms with van der Waals surface area (Å²) in [5.74, 6) is 0.325. The molecule has 5 heteroatoms. The van der Waals surface area contributed by atoms with Crippen molar-refractivity contribution in [3.05, 3.63) is 35.4 Å². The Bertz CT molecular complexity index is 502. The molecule has 0 aliphatic rings. The van der Waals surface area contributed by atoms with Crippen LogP contribution in [0.2, 0.25) is 0 Å². The lowest BCUT2D eigenvalue weighted by Gasteiger charge is -2.08. The third-order valence-corrected chi connectivity index (χ3v) is 2.77. The molecule has 116 valence electrons. The lowest BCUT2D eigenvalue weighted by atomic mass is 10.1. The molecule has 0 heterocycles. The van der Waals surface area contributed by atoms with Crippen LogP contribution in [0.5, 0.6) is 0 Å². The van der Waals surface area contributed by atoms with Gasteiger partial charge in [-0.2, -0.15) is 0 Å². The van der Waals surface area contributed by atoms with E-state index in [4.69, 9.17) is 0 Å². The number of hydroxylamine groups is 1. The predicted molar refractivity (Wildman–Crippen MR) is 91.0 cm³/mol. The molecule has 1 aromatic carbocycles. The molecule has 0 amide bonds. The highest BCUT2D eigenvalue weighted by Crippen LogP contribution is 2.04. The number of nitrogens with zero attached hydrogens (tertiary/aromatic N) is 3. The molecular weight excluding hydrogens is 264 g/mol. The van der Waals surface area contributed by atoms with Crippen LogP contribution in [-0.4, -0.2) is 36.6 Å². The summed E-state index contributed by atoms with van der Waals surface area (Å²) < 4.78 is 0. The van der Waals surface area contributed by atoms with Gasteiger partial charge in [0, 0.05) is 14.1 Å². The average Bonchev–Trinajstić information content (AvgIpc) is 2.54. The molecule has 0 unspecified atom stereocenters. The summed E-state index contributed by atoms with van der Waals surface area (Å²) in [6.07, 6.45) is 0. The summed E-state index contributed by atoms with van der Waals surface area (Å²) in [5.41, 5.74) is 5.63. The number of rotatable bonds is 4. The van der Waals surface area contributed by atoms with E-state index in [9.17, 15) is 5.21 Å². The van der Waals surface area contributed by atoms with E-state index in [0.29, 0.717) is 23.8 Å². The molecule has 5 nitrogen and oxygen atoms in total. The molecule has 1 aromatic rings. The Hall–Kier alpha value is -2.01. The second-order valence-electron chi connectivity index (χ2n) is 4.14. The monoisotopic (exact) mass is 290 g/mol. The van der Waals surface area contributed by atoms with Crippen LogP contribution >= 0.6 is 0 Å². The Balaban J connectivity index is 0.00000191. The highest BCUT2D eigenvalue weighted by Gasteiger charge is 2.10. The Morgan fingerprint density at radius 3 is 2.10 bits per heavy atom. The third-order valence-electron chi connectivity index (χ3n) is 2.77. The van der Waals surface area contributed by atoms with Gasteiger partial charge in [0.25, 0.3) is 0 Å². The molecule has 0 atom stereocenters. The number of aryl methyl sites for hydroxylation is 1. The van der Waals surface area contributed by atoms with Crippen molar-refractivity contribution >= 4 is 17.3 Å². The van der Waals surface area contributed by atoms with Crippen LogP contribution in [0.1, 0.15) is 31.9 Å². The minimum atomic E-state index is 0.325. The normalized spacial score (nSPS) is 12.6. The first-order valence-electron chi connectivity index (χ1n) is 7.03. The van der Waals surface area contributed by atoms with Crippen LogP contribution in [0.15, 0.2) is 39.2 Å². The number of hydrogen-bond donors (Lipinski definition) is 2. The van der Waals surface area contributed by atoms with Gasteiger partial charge in [-0.1, -0.05) is 43.7 Å². The lowest BCUT2D eigenvalue weighted by Crippen LogP contribution is -2.33. The van der Waals surface area contributed by atoms with Crippen LogP contribution in [0, 0.1) is 6.92 Å². The Labute approximate surface area is 127 Å². The van der Waals surface area contributed by atoms with Crippen molar-refractivity contribution in [3.63, 3.8) is 0 Å². The molecule has 0 aromatic heterocycles. The van der Waals surface area contributed by atoms with Crippen LogP contribution in [0.25, 0.3) is 0 Å². The van der Waals surface area contributed by atoms with Crippen molar-refractivity contribution in [2.24, 2.45) is 15.0 Å². The smallest absolute Gasteiger partial charge is 0.172 e. The van der Waals surface area contributed by atoms with Crippen molar-refractivity contribution in [2.75, 3.05) is 14.1 Å². The molecule has 1 rings (SSSR count). The zero-order valence-electron chi connectivity index (χ0n) is 13.8. The Morgan fingerprint density at radius 2 is 1.67 bits per heavy atom. The van der Waals surface area contributed by atoms with Gasteiger partial charge in [-0.25, -0.2) is 0 Å². The van der Waals surface area contributed by atoms with Crippen molar-refractivity contribution in [1.29, 1.82) is 0 Å². The Kier molecular flexibility index (Phi) is 9.71. The average molecular weight is 290 g/mol. The first kappa shape index (κ1) is 19.0. The van der Waals surface area contributed by atoms with Gasteiger partial charge in [0.05, 0.1) is 12.3 Å². The number of aliphatic imine (C=N–C) groups is 3. The zero-order valence-corrected chi connectivity index (χ0v) is 13.8. The van der Waals surface area contributed by atoms with Crippen LogP contribution in [0.3, 0.4) is 0 Å². The first-order chi connectivity index (χ1) is 10.1. The van der Waals surface area contributed by atoms with Gasteiger partial charge >= 0.3 is 0 Å². The van der Waals surface area contributed by atoms with Gasteiger partial charge < -0.3 is 0 Å². The lowest BCUT2D eigenvalue weighted by molar-refractivity contribution is 0.236. The predicted octanol–water partition coefficient (Wildman–Crippen LogP) is 3.06. The van der Waals surface area contributed by atoms with E-state index in [2.05, 4.69) is 20.5 Å². The van der Waals surface area contributed by atoms with Gasteiger partial charge in [-0.05, 0) is 19.4 Å². The third kappa shape index (κ3) is 6.31. The standard InChI is InChI=1S/C14H20N4O.C2H6/c1-10-5-7-12(8-6-10)9-17-14(18-19)13(16-4)11(2)15-3;1-2/h5-8,19H,9H2,1-4H3,(H,17,18);1-2H3. The minimum Gasteiger partial charge on any atom is -0.291 e. The number of nitrogens with one attached hydrogen (secondary N) is 1. The van der Waals surface area contributed by atoms with Gasteiger partial charge in [-0.3, -0.25) is 25.7 Å². The summed E-state index contributed by atoms with van der Waals surface area (Å²) in [4.78, 5) is 12.5. The summed E-state index contributed by atoms with van der Waals surface area (Å²) in [6, 6.07) is 8.09. The van der Waals surface area contributed by atoms with Crippen molar-refractivity contribution in [3.8, 4) is 0 Å². The molecule has 0 saturated heterocycles. The summed E-state index contributed by atoms with van der Waals surface area (Å²) in [7, 11) is 3.32. The quantitative estimate of drug-likeness (QED) is 0.508. The largest absolute Gasteiger partial charge is 0.291 e. The van der Waals surface area contributed by atoms with E-state index < -0.39 is 0 Å². The van der Waals surface area contributed by atoms with Crippen LogP contribution in [-0.2, 0) is 6.54 Å². The van der Waals surface area contributed by atoms with Crippen molar-refractivity contribution < 1.29 is 5.21 Å². The van der Waals surface area contributed by atoms with Gasteiger partial charge in [0.1, 0.15) is 5.71 Å². The topological polar surface area (TPSA) is 69.3 Å². The second-order valence-corrected chi connectivity index (χ2v) is 4.14. The molecule has 0 saturated carbocycles. The van der Waals surface area contributed by atoms with Gasteiger partial charge in [0.15, 0.2) is 5.84 Å². The molecule has 0 aliphatic heterocycles. The molecule has 0 fully saturated rings. The van der Waals surface area contributed by atoms with Crippen LogP contribution < -0.4 is 5.48 Å². The molecule has 2 N–H and O–H groups in total. The molecule has 0 bridgehead atoms. The second kappa shape index (κ2) is 10.7.